The monoisotopic (exact) mass is 475 g/mol. The van der Waals surface area contributed by atoms with Gasteiger partial charge >= 0.3 is 0 Å². The van der Waals surface area contributed by atoms with Crippen LogP contribution in [0.3, 0.4) is 0 Å². The zero-order chi connectivity index (χ0) is 23.1. The molecule has 6 aromatic heterocycles. The van der Waals surface area contributed by atoms with Gasteiger partial charge < -0.3 is 4.98 Å². The molecule has 0 radical (unpaired) electrons. The van der Waals surface area contributed by atoms with Crippen LogP contribution in [0, 0.1) is 5.92 Å². The van der Waals surface area contributed by atoms with Crippen LogP contribution in [-0.2, 0) is 0 Å². The number of carbonyl (C=O) groups is 1. The Morgan fingerprint density at radius 2 is 1.89 bits per heavy atom. The van der Waals surface area contributed by atoms with Crippen LogP contribution in [0.15, 0.2) is 61.1 Å². The second kappa shape index (κ2) is 6.83. The topological polar surface area (TPSA) is 105 Å². The van der Waals surface area contributed by atoms with Crippen LogP contribution in [0.4, 0.5) is 0 Å². The summed E-state index contributed by atoms with van der Waals surface area (Å²) in [5.74, 6) is 0.183. The predicted octanol–water partition coefficient (Wildman–Crippen LogP) is 5.88. The molecule has 0 aliphatic heterocycles. The number of pyridine rings is 2. The molecule has 0 saturated heterocycles. The highest BCUT2D eigenvalue weighted by Crippen LogP contribution is 2.34. The average molecular weight is 476 g/mol. The van der Waals surface area contributed by atoms with Crippen molar-refractivity contribution in [3.05, 3.63) is 61.1 Å². The van der Waals surface area contributed by atoms with Gasteiger partial charge in [0.2, 0.25) is 5.91 Å². The number of fused-ring (bicyclic) bond motifs is 9. The van der Waals surface area contributed by atoms with Crippen molar-refractivity contribution in [2.45, 2.75) is 12.8 Å². The summed E-state index contributed by atoms with van der Waals surface area (Å²) in [5, 5.41) is 11.2. The second-order valence-electron chi connectivity index (χ2n) is 9.00. The molecule has 1 aliphatic carbocycles. The van der Waals surface area contributed by atoms with Crippen LogP contribution >= 0.6 is 11.3 Å². The number of para-hydroxylation sites is 1. The van der Waals surface area contributed by atoms with Gasteiger partial charge in [0.1, 0.15) is 10.3 Å². The summed E-state index contributed by atoms with van der Waals surface area (Å²) >= 11 is 1.59. The Morgan fingerprint density at radius 3 is 2.80 bits per heavy atom. The maximum Gasteiger partial charge on any atom is 0.235 e. The first-order chi connectivity index (χ1) is 17.2. The van der Waals surface area contributed by atoms with Crippen LogP contribution in [0.5, 0.6) is 0 Å². The minimum atomic E-state index is 0.0649. The maximum absolute atomic E-state index is 13.5. The largest absolute Gasteiger partial charge is 0.337 e. The van der Waals surface area contributed by atoms with Gasteiger partial charge in [0.25, 0.3) is 0 Å². The second-order valence-corrected chi connectivity index (χ2v) is 10.1. The molecule has 2 N–H and O–H groups in total. The van der Waals surface area contributed by atoms with Gasteiger partial charge in [0.05, 0.1) is 28.1 Å². The number of aromatic amines is 2. The molecule has 1 fully saturated rings. The Morgan fingerprint density at radius 1 is 0.971 bits per heavy atom. The molecule has 9 heteroatoms. The highest BCUT2D eigenvalue weighted by molar-refractivity contribution is 7.24. The minimum Gasteiger partial charge on any atom is -0.337 e. The maximum atomic E-state index is 13.5. The first-order valence-electron chi connectivity index (χ1n) is 11.5. The fourth-order valence-electron chi connectivity index (χ4n) is 4.76. The summed E-state index contributed by atoms with van der Waals surface area (Å²) in [6.45, 7) is 0. The molecule has 8 bridgehead atoms. The van der Waals surface area contributed by atoms with Crippen molar-refractivity contribution >= 4 is 81.7 Å². The summed E-state index contributed by atoms with van der Waals surface area (Å²) in [6, 6.07) is 14.3. The Hall–Kier alpha value is -4.37. The number of thiophene rings is 1. The molecular weight excluding hydrogens is 458 g/mol. The van der Waals surface area contributed by atoms with E-state index in [2.05, 4.69) is 37.3 Å². The lowest BCUT2D eigenvalue weighted by Crippen LogP contribution is -2.12. The third kappa shape index (κ3) is 2.82. The zero-order valence-corrected chi connectivity index (χ0v) is 19.1. The van der Waals surface area contributed by atoms with Crippen molar-refractivity contribution in [3.63, 3.8) is 0 Å². The number of imidazole rings is 1. The Bertz CT molecular complexity index is 2060. The molecule has 8 nitrogen and oxygen atoms in total. The van der Waals surface area contributed by atoms with Crippen LogP contribution in [0.2, 0.25) is 0 Å². The lowest BCUT2D eigenvalue weighted by molar-refractivity contribution is 0.0896. The van der Waals surface area contributed by atoms with Crippen molar-refractivity contribution in [2.24, 2.45) is 5.92 Å². The fourth-order valence-corrected chi connectivity index (χ4v) is 5.82. The van der Waals surface area contributed by atoms with Gasteiger partial charge in [-0.3, -0.25) is 19.4 Å². The summed E-state index contributed by atoms with van der Waals surface area (Å²) in [7, 11) is 0. The number of nitrogens with zero attached hydrogens (tertiary/aromatic N) is 5. The Labute approximate surface area is 201 Å². The van der Waals surface area contributed by atoms with Crippen molar-refractivity contribution in [1.29, 1.82) is 0 Å². The molecule has 0 atom stereocenters. The van der Waals surface area contributed by atoms with Crippen LogP contribution in [0.1, 0.15) is 17.6 Å². The molecule has 1 aliphatic rings. The predicted molar refractivity (Wildman–Crippen MR) is 138 cm³/mol. The molecule has 1 saturated carbocycles. The SMILES string of the molecule is O=C(C1CC1)n1c2cncc(c2)c2cnc3[nH]nc(c4nc5c(cccc5c5ccc1s5)[nH]4)c3c2. The normalized spacial score (nSPS) is 14.1. The number of hydrogen-bond acceptors (Lipinski definition) is 6. The number of hydrogen-bond donors (Lipinski definition) is 2. The number of nitrogens with one attached hydrogen (secondary N) is 2. The Kier molecular flexibility index (Phi) is 3.71. The van der Waals surface area contributed by atoms with E-state index < -0.39 is 0 Å². The van der Waals surface area contributed by atoms with Gasteiger partial charge in [-0.05, 0) is 43.2 Å². The number of H-pyrrole nitrogens is 2. The quantitative estimate of drug-likeness (QED) is 0.308. The van der Waals surface area contributed by atoms with E-state index in [1.54, 1.807) is 29.9 Å². The van der Waals surface area contributed by atoms with Crippen molar-refractivity contribution in [1.82, 2.24) is 34.7 Å². The summed E-state index contributed by atoms with van der Waals surface area (Å²) in [4.78, 5) is 31.8. The van der Waals surface area contributed by atoms with Gasteiger partial charge in [-0.25, -0.2) is 9.97 Å². The molecule has 7 aromatic rings. The highest BCUT2D eigenvalue weighted by atomic mass is 32.1. The molecule has 8 rings (SSSR count). The number of benzene rings is 1. The summed E-state index contributed by atoms with van der Waals surface area (Å²) < 4.78 is 2.87. The zero-order valence-electron chi connectivity index (χ0n) is 18.3. The molecular formula is C26H17N7OS. The number of carbonyl (C=O) groups excluding carboxylic acids is 1. The van der Waals surface area contributed by atoms with E-state index in [1.807, 2.05) is 34.9 Å². The fraction of sp³-hybridized carbons (Fsp3) is 0.115. The minimum absolute atomic E-state index is 0.0649. The van der Waals surface area contributed by atoms with E-state index in [4.69, 9.17) is 4.98 Å². The standard InChI is InChI=1S/C26H17N7OS/c34-26(13-4-5-13)33-16-8-14(10-27-12-16)15-9-18-23(31-32-24(18)28-11-15)25-29-19-3-1-2-17(22(19)30-25)20-6-7-21(33)35-20/h1-3,6-13H,4-5H2,(H,29,30)(H,28,31,32). The molecule has 6 heterocycles. The third-order valence-corrected chi connectivity index (χ3v) is 7.80. The van der Waals surface area contributed by atoms with Gasteiger partial charge in [-0.15, -0.1) is 11.3 Å². The molecule has 35 heavy (non-hydrogen) atoms. The van der Waals surface area contributed by atoms with Gasteiger partial charge in [0.15, 0.2) is 11.3 Å². The van der Waals surface area contributed by atoms with Crippen molar-refractivity contribution in [3.8, 4) is 0 Å². The van der Waals surface area contributed by atoms with E-state index in [-0.39, 0.29) is 11.8 Å². The van der Waals surface area contributed by atoms with Crippen LogP contribution in [-0.4, -0.2) is 40.6 Å². The van der Waals surface area contributed by atoms with E-state index >= 15 is 0 Å². The summed E-state index contributed by atoms with van der Waals surface area (Å²) in [6.07, 6.45) is 7.23. The third-order valence-electron chi connectivity index (χ3n) is 6.69. The van der Waals surface area contributed by atoms with E-state index in [0.29, 0.717) is 16.8 Å². The first-order valence-corrected chi connectivity index (χ1v) is 12.3. The van der Waals surface area contributed by atoms with Crippen molar-refractivity contribution < 1.29 is 4.79 Å². The molecule has 0 spiro atoms. The van der Waals surface area contributed by atoms with Crippen LogP contribution < -0.4 is 0 Å². The van der Waals surface area contributed by atoms with Gasteiger partial charge in [-0.1, -0.05) is 12.1 Å². The molecule has 168 valence electrons. The lowest BCUT2D eigenvalue weighted by atomic mass is 10.2. The van der Waals surface area contributed by atoms with E-state index in [9.17, 15) is 4.79 Å². The highest BCUT2D eigenvalue weighted by Gasteiger charge is 2.31. The summed E-state index contributed by atoms with van der Waals surface area (Å²) in [5.41, 5.74) is 4.64. The van der Waals surface area contributed by atoms with Gasteiger partial charge in [-0.2, -0.15) is 5.10 Å². The molecule has 1 aromatic carbocycles. The Balaban J connectivity index is 1.65. The van der Waals surface area contributed by atoms with Gasteiger partial charge in [0, 0.05) is 39.2 Å². The molecule has 0 amide bonds. The van der Waals surface area contributed by atoms with Crippen LogP contribution in [0.25, 0.3) is 64.4 Å². The smallest absolute Gasteiger partial charge is 0.235 e. The first kappa shape index (κ1) is 19.0. The molecule has 0 unspecified atom stereocenters. The number of aromatic nitrogens is 7. The number of rotatable bonds is 1. The average Bonchev–Trinajstić information content (AvgIpc) is 3.26. The lowest BCUT2D eigenvalue weighted by Gasteiger charge is -2.06. The van der Waals surface area contributed by atoms with E-state index in [0.717, 1.165) is 60.5 Å². The van der Waals surface area contributed by atoms with Crippen molar-refractivity contribution in [2.75, 3.05) is 0 Å². The van der Waals surface area contributed by atoms with E-state index in [1.165, 1.54) is 0 Å².